The van der Waals surface area contributed by atoms with Gasteiger partial charge >= 0.3 is 0 Å². The molecule has 0 saturated carbocycles. The van der Waals surface area contributed by atoms with Gasteiger partial charge < -0.3 is 14.8 Å². The average Bonchev–Trinajstić information content (AvgIpc) is 2.89. The van der Waals surface area contributed by atoms with E-state index in [0.29, 0.717) is 18.8 Å². The molecule has 178 valence electrons. The number of hydrogen-bond acceptors (Lipinski definition) is 3. The first-order chi connectivity index (χ1) is 17.0. The molecule has 0 bridgehead atoms. The van der Waals surface area contributed by atoms with Crippen molar-refractivity contribution >= 4 is 5.91 Å². The number of amides is 1. The number of ether oxygens (including phenoxy) is 2. The highest BCUT2D eigenvalue weighted by atomic mass is 16.5. The Hall–Kier alpha value is -4.05. The lowest BCUT2D eigenvalue weighted by Gasteiger charge is -2.20. The van der Waals surface area contributed by atoms with Gasteiger partial charge in [-0.2, -0.15) is 0 Å². The van der Waals surface area contributed by atoms with Crippen LogP contribution in [0.4, 0.5) is 0 Å². The van der Waals surface area contributed by atoms with E-state index < -0.39 is 0 Å². The summed E-state index contributed by atoms with van der Waals surface area (Å²) in [5, 5.41) is 3.21. The van der Waals surface area contributed by atoms with Crippen LogP contribution >= 0.6 is 0 Å². The predicted octanol–water partition coefficient (Wildman–Crippen LogP) is 6.80. The fourth-order valence-electron chi connectivity index (χ4n) is 3.96. The number of benzene rings is 4. The van der Waals surface area contributed by atoms with Crippen LogP contribution in [0.15, 0.2) is 97.1 Å². The zero-order valence-electron chi connectivity index (χ0n) is 20.5. The summed E-state index contributed by atoms with van der Waals surface area (Å²) in [6.07, 6.45) is 0. The number of nitrogens with one attached hydrogen (secondary N) is 1. The Kier molecular flexibility index (Phi) is 7.84. The quantitative estimate of drug-likeness (QED) is 0.296. The van der Waals surface area contributed by atoms with E-state index in [1.54, 1.807) is 6.07 Å². The van der Waals surface area contributed by atoms with E-state index in [1.807, 2.05) is 97.9 Å². The molecule has 4 rings (SSSR count). The third kappa shape index (κ3) is 6.10. The Bertz CT molecular complexity index is 1230. The molecule has 0 aliphatic rings. The average molecular weight is 466 g/mol. The molecular formula is C31H31NO3. The first-order valence-electron chi connectivity index (χ1n) is 11.9. The Balaban J connectivity index is 1.58. The monoisotopic (exact) mass is 465 g/mol. The molecule has 4 nitrogen and oxygen atoms in total. The normalized spacial score (nSPS) is 10.7. The third-order valence-corrected chi connectivity index (χ3v) is 6.04. The summed E-state index contributed by atoms with van der Waals surface area (Å²) < 4.78 is 11.9. The summed E-state index contributed by atoms with van der Waals surface area (Å²) in [7, 11) is 0. The summed E-state index contributed by atoms with van der Waals surface area (Å²) in [6.45, 7) is 6.92. The second-order valence-corrected chi connectivity index (χ2v) is 8.52. The molecule has 0 fully saturated rings. The molecule has 4 heteroatoms. The van der Waals surface area contributed by atoms with Crippen LogP contribution in [0.3, 0.4) is 0 Å². The van der Waals surface area contributed by atoms with Crippen molar-refractivity contribution in [1.29, 1.82) is 0 Å². The molecule has 0 aliphatic heterocycles. The SMILES string of the molecule is CCOc1ccc(C(=O)NC(c2ccccc2)c2ccccc2)cc1COc1ccc(C)c(C)c1. The van der Waals surface area contributed by atoms with Gasteiger partial charge in [-0.1, -0.05) is 66.7 Å². The molecule has 0 aliphatic carbocycles. The zero-order valence-corrected chi connectivity index (χ0v) is 20.5. The Morgan fingerprint density at radius 2 is 1.43 bits per heavy atom. The molecule has 1 N–H and O–H groups in total. The van der Waals surface area contributed by atoms with E-state index in [-0.39, 0.29) is 11.9 Å². The van der Waals surface area contributed by atoms with Crippen LogP contribution in [-0.2, 0) is 6.61 Å². The molecule has 4 aromatic carbocycles. The highest BCUT2D eigenvalue weighted by molar-refractivity contribution is 5.95. The minimum absolute atomic E-state index is 0.154. The van der Waals surface area contributed by atoms with E-state index in [1.165, 1.54) is 11.1 Å². The maximum Gasteiger partial charge on any atom is 0.252 e. The van der Waals surface area contributed by atoms with Gasteiger partial charge in [0.05, 0.1) is 12.6 Å². The second kappa shape index (κ2) is 11.4. The molecule has 0 heterocycles. The summed E-state index contributed by atoms with van der Waals surface area (Å²) >= 11 is 0. The molecule has 0 atom stereocenters. The fraction of sp³-hybridized carbons (Fsp3) is 0.194. The Morgan fingerprint density at radius 1 is 0.771 bits per heavy atom. The van der Waals surface area contributed by atoms with Crippen LogP contribution in [0.1, 0.15) is 51.1 Å². The molecule has 0 radical (unpaired) electrons. The van der Waals surface area contributed by atoms with E-state index in [9.17, 15) is 4.79 Å². The van der Waals surface area contributed by atoms with Crippen LogP contribution in [0.25, 0.3) is 0 Å². The molecule has 4 aromatic rings. The number of rotatable bonds is 9. The maximum atomic E-state index is 13.4. The zero-order chi connectivity index (χ0) is 24.6. The highest BCUT2D eigenvalue weighted by Gasteiger charge is 2.19. The lowest BCUT2D eigenvalue weighted by molar-refractivity contribution is 0.0942. The van der Waals surface area contributed by atoms with Crippen molar-refractivity contribution in [2.45, 2.75) is 33.4 Å². The molecule has 0 aromatic heterocycles. The van der Waals surface area contributed by atoms with Crippen LogP contribution in [0.2, 0.25) is 0 Å². The Morgan fingerprint density at radius 3 is 2.03 bits per heavy atom. The number of hydrogen-bond donors (Lipinski definition) is 1. The number of carbonyl (C=O) groups excluding carboxylic acids is 1. The first kappa shape index (κ1) is 24.1. The lowest BCUT2D eigenvalue weighted by Crippen LogP contribution is -2.29. The topological polar surface area (TPSA) is 47.6 Å². The number of aryl methyl sites for hydroxylation is 2. The van der Waals surface area contributed by atoms with Crippen molar-refractivity contribution < 1.29 is 14.3 Å². The van der Waals surface area contributed by atoms with Gasteiger partial charge in [-0.3, -0.25) is 4.79 Å². The molecule has 0 spiro atoms. The van der Waals surface area contributed by atoms with Gasteiger partial charge in [0.1, 0.15) is 18.1 Å². The summed E-state index contributed by atoms with van der Waals surface area (Å²) in [5.41, 5.74) is 5.83. The largest absolute Gasteiger partial charge is 0.493 e. The summed E-state index contributed by atoms with van der Waals surface area (Å²) in [6, 6.07) is 31.3. The first-order valence-corrected chi connectivity index (χ1v) is 11.9. The maximum absolute atomic E-state index is 13.4. The van der Waals surface area contributed by atoms with Gasteiger partial charge in [-0.05, 0) is 73.4 Å². The highest BCUT2D eigenvalue weighted by Crippen LogP contribution is 2.26. The van der Waals surface area contributed by atoms with Gasteiger partial charge in [0.2, 0.25) is 0 Å². The van der Waals surface area contributed by atoms with Gasteiger partial charge in [-0.15, -0.1) is 0 Å². The van der Waals surface area contributed by atoms with Gasteiger partial charge in [0, 0.05) is 11.1 Å². The van der Waals surface area contributed by atoms with Crippen LogP contribution in [0.5, 0.6) is 11.5 Å². The molecular weight excluding hydrogens is 434 g/mol. The molecule has 0 saturated heterocycles. The van der Waals surface area contributed by atoms with E-state index in [2.05, 4.69) is 19.2 Å². The minimum atomic E-state index is -0.258. The van der Waals surface area contributed by atoms with Crippen molar-refractivity contribution in [3.05, 3.63) is 130 Å². The third-order valence-electron chi connectivity index (χ3n) is 6.04. The van der Waals surface area contributed by atoms with E-state index in [0.717, 1.165) is 28.2 Å². The van der Waals surface area contributed by atoms with Crippen molar-refractivity contribution in [3.63, 3.8) is 0 Å². The predicted molar refractivity (Wildman–Crippen MR) is 140 cm³/mol. The molecule has 35 heavy (non-hydrogen) atoms. The van der Waals surface area contributed by atoms with Crippen molar-refractivity contribution in [2.75, 3.05) is 6.61 Å². The van der Waals surface area contributed by atoms with Gasteiger partial charge in [0.25, 0.3) is 5.91 Å². The van der Waals surface area contributed by atoms with Crippen LogP contribution in [-0.4, -0.2) is 12.5 Å². The smallest absolute Gasteiger partial charge is 0.252 e. The summed E-state index contributed by atoms with van der Waals surface area (Å²) in [4.78, 5) is 13.4. The standard InChI is InChI=1S/C31H31NO3/c1-4-34-29-18-16-26(20-27(29)21-35-28-17-15-22(2)23(3)19-28)31(33)32-30(24-11-7-5-8-12-24)25-13-9-6-10-14-25/h5-20,30H,4,21H2,1-3H3,(H,32,33). The van der Waals surface area contributed by atoms with Crippen molar-refractivity contribution in [3.8, 4) is 11.5 Å². The molecule has 1 amide bonds. The van der Waals surface area contributed by atoms with E-state index in [4.69, 9.17) is 9.47 Å². The second-order valence-electron chi connectivity index (χ2n) is 8.52. The van der Waals surface area contributed by atoms with Crippen molar-refractivity contribution in [1.82, 2.24) is 5.32 Å². The Labute approximate surface area is 207 Å². The lowest BCUT2D eigenvalue weighted by atomic mass is 9.98. The van der Waals surface area contributed by atoms with Crippen LogP contribution < -0.4 is 14.8 Å². The van der Waals surface area contributed by atoms with Crippen molar-refractivity contribution in [2.24, 2.45) is 0 Å². The van der Waals surface area contributed by atoms with Crippen LogP contribution in [0, 0.1) is 13.8 Å². The number of carbonyl (C=O) groups is 1. The molecule has 0 unspecified atom stereocenters. The van der Waals surface area contributed by atoms with E-state index >= 15 is 0 Å². The summed E-state index contributed by atoms with van der Waals surface area (Å²) in [5.74, 6) is 1.35. The van der Waals surface area contributed by atoms with Gasteiger partial charge in [0.15, 0.2) is 0 Å². The fourth-order valence-corrected chi connectivity index (χ4v) is 3.96. The minimum Gasteiger partial charge on any atom is -0.493 e. The van der Waals surface area contributed by atoms with Gasteiger partial charge in [-0.25, -0.2) is 0 Å².